The zero-order valence-electron chi connectivity index (χ0n) is 27.9. The van der Waals surface area contributed by atoms with Crippen molar-refractivity contribution in [2.24, 2.45) is 0 Å². The average Bonchev–Trinajstić information content (AvgIpc) is 3.66. The largest absolute Gasteiger partial charge is 0.490 e. The Morgan fingerprint density at radius 1 is 0.857 bits per heavy atom. The lowest BCUT2D eigenvalue weighted by molar-refractivity contribution is -0.150. The number of tetrazole rings is 1. The van der Waals surface area contributed by atoms with Crippen molar-refractivity contribution in [2.75, 3.05) is 13.2 Å². The molecule has 1 amide bonds. The van der Waals surface area contributed by atoms with Crippen LogP contribution in [0.4, 0.5) is 0 Å². The van der Waals surface area contributed by atoms with Crippen LogP contribution >= 0.6 is 23.4 Å². The Balaban J connectivity index is 1.23. The summed E-state index contributed by atoms with van der Waals surface area (Å²) in [5, 5.41) is 17.4. The number of thioether (sulfide) groups is 1. The molecular formula is C38H39ClN6O3S. The smallest absolute Gasteiger partial charge is 0.244 e. The number of ether oxygens (including phenoxy) is 2. The van der Waals surface area contributed by atoms with Crippen LogP contribution in [0.2, 0.25) is 5.02 Å². The first-order valence-corrected chi connectivity index (χ1v) is 17.8. The van der Waals surface area contributed by atoms with Crippen LogP contribution in [0.5, 0.6) is 11.5 Å². The molecule has 5 aromatic rings. The maximum atomic E-state index is 14.5. The van der Waals surface area contributed by atoms with Crippen LogP contribution in [0, 0.1) is 0 Å². The molecular weight excluding hydrogens is 656 g/mol. The average molecular weight is 695 g/mol. The maximum Gasteiger partial charge on any atom is 0.244 e. The highest BCUT2D eigenvalue weighted by Gasteiger charge is 2.64. The normalized spacial score (nSPS) is 19.7. The van der Waals surface area contributed by atoms with Crippen molar-refractivity contribution in [1.82, 2.24) is 30.4 Å². The molecule has 3 heterocycles. The molecule has 0 bridgehead atoms. The van der Waals surface area contributed by atoms with E-state index in [1.54, 1.807) is 16.4 Å². The lowest BCUT2D eigenvalue weighted by Gasteiger charge is -2.49. The van der Waals surface area contributed by atoms with Crippen LogP contribution in [0.25, 0.3) is 0 Å². The number of rotatable bonds is 12. The third-order valence-electron chi connectivity index (χ3n) is 9.25. The second kappa shape index (κ2) is 13.5. The Kier molecular flexibility index (Phi) is 9.13. The molecule has 4 aromatic carbocycles. The van der Waals surface area contributed by atoms with Gasteiger partial charge in [-0.05, 0) is 84.6 Å². The number of nitrogens with one attached hydrogen (secondary N) is 1. The van der Waals surface area contributed by atoms with Crippen LogP contribution in [-0.2, 0) is 16.9 Å². The highest BCUT2D eigenvalue weighted by Crippen LogP contribution is 2.57. The van der Waals surface area contributed by atoms with E-state index in [9.17, 15) is 4.79 Å². The molecule has 49 heavy (non-hydrogen) atoms. The quantitative estimate of drug-likeness (QED) is 0.112. The first-order valence-electron chi connectivity index (χ1n) is 16.6. The summed E-state index contributed by atoms with van der Waals surface area (Å²) >= 11 is 8.15. The minimum Gasteiger partial charge on any atom is -0.490 e. The standard InChI is InChI=1S/C38H39ClN6O3S/c1-5-47-30-22-17-25(23-31(30)48-6-2)24-44-34(41-42-43-44)33-37(3,4)49-36-32(35(46)45(33)36)40-38(26-13-9-7-10-14-26,27-15-11-8-12-16-27)28-18-20-29(39)21-19-28/h7-23,32-33,36,40H,5-6,24H2,1-4H3/t32?,33?,36-/m1/s1. The van der Waals surface area contributed by atoms with Crippen LogP contribution in [0.3, 0.4) is 0 Å². The number of carbonyl (C=O) groups excluding carboxylic acids is 1. The predicted molar refractivity (Wildman–Crippen MR) is 192 cm³/mol. The van der Waals surface area contributed by atoms with E-state index in [-0.39, 0.29) is 22.1 Å². The number of carbonyl (C=O) groups is 1. The van der Waals surface area contributed by atoms with Gasteiger partial charge >= 0.3 is 0 Å². The highest BCUT2D eigenvalue weighted by atomic mass is 35.5. The van der Waals surface area contributed by atoms with Gasteiger partial charge in [0.15, 0.2) is 17.3 Å². The molecule has 1 N–H and O–H groups in total. The molecule has 0 aliphatic carbocycles. The molecule has 11 heteroatoms. The minimum atomic E-state index is -0.824. The van der Waals surface area contributed by atoms with Gasteiger partial charge in [-0.3, -0.25) is 10.1 Å². The van der Waals surface area contributed by atoms with Gasteiger partial charge in [-0.15, -0.1) is 16.9 Å². The highest BCUT2D eigenvalue weighted by molar-refractivity contribution is 8.01. The third kappa shape index (κ3) is 5.96. The summed E-state index contributed by atoms with van der Waals surface area (Å²) in [5.41, 5.74) is 3.19. The number of amides is 1. The van der Waals surface area contributed by atoms with Gasteiger partial charge in [0.25, 0.3) is 0 Å². The van der Waals surface area contributed by atoms with Crippen LogP contribution in [-0.4, -0.2) is 60.4 Å². The first-order chi connectivity index (χ1) is 23.8. The van der Waals surface area contributed by atoms with E-state index >= 15 is 0 Å². The van der Waals surface area contributed by atoms with E-state index in [2.05, 4.69) is 59.0 Å². The van der Waals surface area contributed by atoms with Crippen molar-refractivity contribution >= 4 is 29.3 Å². The summed E-state index contributed by atoms with van der Waals surface area (Å²) in [7, 11) is 0. The van der Waals surface area contributed by atoms with Crippen molar-refractivity contribution in [3.8, 4) is 11.5 Å². The van der Waals surface area contributed by atoms with Gasteiger partial charge in [0, 0.05) is 9.77 Å². The zero-order valence-corrected chi connectivity index (χ0v) is 29.5. The number of hydrogen-bond donors (Lipinski definition) is 1. The topological polar surface area (TPSA) is 94.4 Å². The number of hydrogen-bond acceptors (Lipinski definition) is 8. The zero-order chi connectivity index (χ0) is 34.2. The van der Waals surface area contributed by atoms with Crippen molar-refractivity contribution in [2.45, 2.75) is 62.0 Å². The molecule has 0 saturated carbocycles. The lowest BCUT2D eigenvalue weighted by atomic mass is 9.76. The maximum absolute atomic E-state index is 14.5. The van der Waals surface area contributed by atoms with Crippen molar-refractivity contribution < 1.29 is 14.3 Å². The summed E-state index contributed by atoms with van der Waals surface area (Å²) < 4.78 is 13.0. The third-order valence-corrected chi connectivity index (χ3v) is 11.1. The fourth-order valence-corrected chi connectivity index (χ4v) is 8.87. The Morgan fingerprint density at radius 2 is 1.47 bits per heavy atom. The summed E-state index contributed by atoms with van der Waals surface area (Å²) in [6.07, 6.45) is 0. The number of nitrogens with zero attached hydrogens (tertiary/aromatic N) is 5. The van der Waals surface area contributed by atoms with Gasteiger partial charge < -0.3 is 14.4 Å². The van der Waals surface area contributed by atoms with Gasteiger partial charge in [-0.2, -0.15) is 0 Å². The lowest BCUT2D eigenvalue weighted by Crippen LogP contribution is -2.70. The van der Waals surface area contributed by atoms with Crippen molar-refractivity contribution in [3.63, 3.8) is 0 Å². The molecule has 1 aromatic heterocycles. The predicted octanol–water partition coefficient (Wildman–Crippen LogP) is 6.86. The number of benzene rings is 4. The van der Waals surface area contributed by atoms with E-state index in [0.717, 1.165) is 22.3 Å². The Morgan fingerprint density at radius 3 is 2.10 bits per heavy atom. The van der Waals surface area contributed by atoms with E-state index in [0.29, 0.717) is 42.1 Å². The molecule has 2 unspecified atom stereocenters. The summed E-state index contributed by atoms with van der Waals surface area (Å²) in [6.45, 7) is 9.71. The number of halogens is 1. The fraction of sp³-hybridized carbons (Fsp3) is 0.316. The first kappa shape index (κ1) is 33.1. The van der Waals surface area contributed by atoms with Crippen LogP contribution in [0.1, 0.15) is 61.8 Å². The summed E-state index contributed by atoms with van der Waals surface area (Å²) in [5.74, 6) is 2.04. The van der Waals surface area contributed by atoms with Gasteiger partial charge in [0.05, 0.1) is 25.3 Å². The van der Waals surface area contributed by atoms with Crippen molar-refractivity contribution in [1.29, 1.82) is 0 Å². The van der Waals surface area contributed by atoms with Gasteiger partial charge in [-0.25, -0.2) is 4.68 Å². The Hall–Kier alpha value is -4.38. The molecule has 2 fully saturated rings. The Bertz CT molecular complexity index is 1880. The van der Waals surface area contributed by atoms with E-state index in [1.165, 1.54) is 0 Å². The van der Waals surface area contributed by atoms with Gasteiger partial charge in [0.1, 0.15) is 17.5 Å². The molecule has 252 valence electrons. The van der Waals surface area contributed by atoms with E-state index < -0.39 is 11.6 Å². The monoisotopic (exact) mass is 694 g/mol. The summed E-state index contributed by atoms with van der Waals surface area (Å²) in [6, 6.07) is 33.5. The molecule has 0 radical (unpaired) electrons. The number of fused-ring (bicyclic) bond motifs is 1. The van der Waals surface area contributed by atoms with Gasteiger partial charge in [0.2, 0.25) is 5.91 Å². The second-order valence-corrected chi connectivity index (χ2v) is 14.9. The van der Waals surface area contributed by atoms with Crippen LogP contribution in [0.15, 0.2) is 103 Å². The SMILES string of the molecule is CCOc1ccc(Cn2nnnc2C2N3C(=O)C(NC(c4ccccc4)(c4ccccc4)c4ccc(Cl)cc4)[C@H]3SC2(C)C)cc1OCC. The molecule has 2 aliphatic heterocycles. The molecule has 9 nitrogen and oxygen atoms in total. The molecule has 3 atom stereocenters. The summed E-state index contributed by atoms with van der Waals surface area (Å²) in [4.78, 5) is 16.4. The van der Waals surface area contributed by atoms with E-state index in [1.807, 2.05) is 97.6 Å². The van der Waals surface area contributed by atoms with Crippen LogP contribution < -0.4 is 14.8 Å². The molecule has 2 saturated heterocycles. The second-order valence-electron chi connectivity index (χ2n) is 12.7. The van der Waals surface area contributed by atoms with Crippen molar-refractivity contribution in [3.05, 3.63) is 136 Å². The number of β-lactam (4-membered cyclic amide) rings is 1. The molecule has 2 aliphatic rings. The molecule has 0 spiro atoms. The van der Waals surface area contributed by atoms with E-state index in [4.69, 9.17) is 21.1 Å². The molecule has 7 rings (SSSR count). The Labute approximate surface area is 296 Å². The fourth-order valence-electron chi connectivity index (χ4n) is 7.11. The minimum absolute atomic E-state index is 0.00697. The number of aromatic nitrogens is 4. The van der Waals surface area contributed by atoms with Gasteiger partial charge in [-0.1, -0.05) is 90.5 Å².